The largest absolute Gasteiger partial charge is 0.349 e. The molecule has 1 unspecified atom stereocenters. The van der Waals surface area contributed by atoms with Gasteiger partial charge in [0.2, 0.25) is 0 Å². The van der Waals surface area contributed by atoms with E-state index in [-0.39, 0.29) is 5.91 Å². The summed E-state index contributed by atoms with van der Waals surface area (Å²) in [7, 11) is 0. The number of thiophene rings is 2. The molecule has 3 heterocycles. The number of likely N-dealkylation sites (tertiary alicyclic amines) is 1. The molecule has 1 atom stereocenters. The number of carbonyl (C=O) groups is 1. The summed E-state index contributed by atoms with van der Waals surface area (Å²) < 4.78 is 0. The summed E-state index contributed by atoms with van der Waals surface area (Å²) in [5.41, 5.74) is 1.06. The highest BCUT2D eigenvalue weighted by Crippen LogP contribution is 2.28. The van der Waals surface area contributed by atoms with Crippen LogP contribution in [0.25, 0.3) is 0 Å². The molecule has 3 rings (SSSR count). The molecule has 3 nitrogen and oxygen atoms in total. The second-order valence-corrected chi connectivity index (χ2v) is 7.31. The third-order valence-electron chi connectivity index (χ3n) is 3.98. The number of aryl methyl sites for hydroxylation is 1. The molecule has 2 aromatic heterocycles. The van der Waals surface area contributed by atoms with Crippen molar-refractivity contribution in [2.24, 2.45) is 0 Å². The number of nitrogens with zero attached hydrogens (tertiary/aromatic N) is 1. The molecule has 0 aliphatic carbocycles. The van der Waals surface area contributed by atoms with Crippen LogP contribution in [0.2, 0.25) is 0 Å². The van der Waals surface area contributed by atoms with Crippen molar-refractivity contribution in [3.05, 3.63) is 44.3 Å². The molecule has 0 aromatic carbocycles. The fourth-order valence-electron chi connectivity index (χ4n) is 2.82. The molecule has 1 saturated heterocycles. The Bertz CT molecular complexity index is 585. The van der Waals surface area contributed by atoms with Gasteiger partial charge in [-0.15, -0.1) is 22.7 Å². The number of hydrogen-bond acceptors (Lipinski definition) is 4. The summed E-state index contributed by atoms with van der Waals surface area (Å²) in [4.78, 5) is 17.0. The van der Waals surface area contributed by atoms with Gasteiger partial charge in [0.15, 0.2) is 0 Å². The van der Waals surface area contributed by atoms with Crippen molar-refractivity contribution in [3.63, 3.8) is 0 Å². The molecule has 0 bridgehead atoms. The van der Waals surface area contributed by atoms with Crippen molar-refractivity contribution >= 4 is 28.6 Å². The van der Waals surface area contributed by atoms with Crippen LogP contribution in [0.3, 0.4) is 0 Å². The van der Waals surface area contributed by atoms with E-state index in [2.05, 4.69) is 27.7 Å². The molecular formula is C16H20N2OS2. The van der Waals surface area contributed by atoms with Crippen molar-refractivity contribution in [1.82, 2.24) is 10.2 Å². The van der Waals surface area contributed by atoms with Gasteiger partial charge in [-0.3, -0.25) is 9.69 Å². The lowest BCUT2D eigenvalue weighted by Gasteiger charge is -2.26. The molecule has 1 fully saturated rings. The summed E-state index contributed by atoms with van der Waals surface area (Å²) in [6, 6.07) is 6.58. The molecule has 2 aromatic rings. The van der Waals surface area contributed by atoms with Gasteiger partial charge >= 0.3 is 0 Å². The number of amides is 1. The molecule has 1 N–H and O–H groups in total. The molecule has 112 valence electrons. The van der Waals surface area contributed by atoms with Gasteiger partial charge in [0.05, 0.1) is 10.9 Å². The summed E-state index contributed by atoms with van der Waals surface area (Å²) in [6.45, 7) is 4.95. The fraction of sp³-hybridized carbons (Fsp3) is 0.438. The van der Waals surface area contributed by atoms with Crippen LogP contribution in [0, 0.1) is 6.92 Å². The Hall–Kier alpha value is -1.17. The van der Waals surface area contributed by atoms with E-state index in [0.717, 1.165) is 23.5 Å². The van der Waals surface area contributed by atoms with Crippen LogP contribution in [0.4, 0.5) is 0 Å². The highest BCUT2D eigenvalue weighted by atomic mass is 32.1. The van der Waals surface area contributed by atoms with E-state index in [1.165, 1.54) is 29.1 Å². The van der Waals surface area contributed by atoms with E-state index < -0.39 is 0 Å². The van der Waals surface area contributed by atoms with Crippen LogP contribution < -0.4 is 5.32 Å². The van der Waals surface area contributed by atoms with Gasteiger partial charge in [0.1, 0.15) is 0 Å². The second kappa shape index (κ2) is 6.73. The Morgan fingerprint density at radius 2 is 2.10 bits per heavy atom. The van der Waals surface area contributed by atoms with Crippen LogP contribution in [-0.2, 0) is 0 Å². The molecule has 1 aliphatic heterocycles. The minimum absolute atomic E-state index is 0.0586. The first-order valence-electron chi connectivity index (χ1n) is 7.35. The molecule has 21 heavy (non-hydrogen) atoms. The van der Waals surface area contributed by atoms with Crippen molar-refractivity contribution in [1.29, 1.82) is 0 Å². The molecule has 0 saturated carbocycles. The fourth-order valence-corrected chi connectivity index (χ4v) is 4.52. The maximum absolute atomic E-state index is 12.3. The Balaban J connectivity index is 1.67. The lowest BCUT2D eigenvalue weighted by molar-refractivity contribution is 0.0942. The lowest BCUT2D eigenvalue weighted by atomic mass is 10.2. The Labute approximate surface area is 133 Å². The standard InChI is InChI=1S/C16H20N2OS2/c1-12-6-10-21-15(12)16(19)17-11-13(14-5-4-9-20-14)18-7-2-3-8-18/h4-6,9-10,13H,2-3,7-8,11H2,1H3,(H,17,19). The van der Waals surface area contributed by atoms with Crippen LogP contribution in [0.15, 0.2) is 29.0 Å². The van der Waals surface area contributed by atoms with E-state index in [1.807, 2.05) is 18.4 Å². The van der Waals surface area contributed by atoms with E-state index in [1.54, 1.807) is 11.3 Å². The van der Waals surface area contributed by atoms with E-state index >= 15 is 0 Å². The average Bonchev–Trinajstić information content (AvgIpc) is 3.21. The topological polar surface area (TPSA) is 32.3 Å². The van der Waals surface area contributed by atoms with Crippen LogP contribution in [-0.4, -0.2) is 30.4 Å². The minimum atomic E-state index is 0.0586. The first kappa shape index (κ1) is 14.8. The minimum Gasteiger partial charge on any atom is -0.349 e. The van der Waals surface area contributed by atoms with Crippen molar-refractivity contribution in [2.45, 2.75) is 25.8 Å². The van der Waals surface area contributed by atoms with Crippen LogP contribution >= 0.6 is 22.7 Å². The molecule has 1 aliphatic rings. The molecule has 0 spiro atoms. The normalized spacial score (nSPS) is 17.0. The van der Waals surface area contributed by atoms with E-state index in [4.69, 9.17) is 0 Å². The first-order chi connectivity index (χ1) is 10.3. The zero-order valence-electron chi connectivity index (χ0n) is 12.2. The van der Waals surface area contributed by atoms with Crippen molar-refractivity contribution < 1.29 is 4.79 Å². The predicted molar refractivity (Wildman–Crippen MR) is 89.3 cm³/mol. The molecule has 5 heteroatoms. The monoisotopic (exact) mass is 320 g/mol. The number of carbonyl (C=O) groups excluding carboxylic acids is 1. The molecule has 1 amide bonds. The lowest BCUT2D eigenvalue weighted by Crippen LogP contribution is -2.36. The summed E-state index contributed by atoms with van der Waals surface area (Å²) >= 11 is 3.30. The highest BCUT2D eigenvalue weighted by molar-refractivity contribution is 7.12. The number of rotatable bonds is 5. The number of hydrogen-bond donors (Lipinski definition) is 1. The van der Waals surface area contributed by atoms with E-state index in [9.17, 15) is 4.79 Å². The third-order valence-corrected chi connectivity index (χ3v) is 5.97. The Kier molecular flexibility index (Phi) is 4.73. The van der Waals surface area contributed by atoms with Crippen LogP contribution in [0.5, 0.6) is 0 Å². The van der Waals surface area contributed by atoms with Gasteiger partial charge in [-0.1, -0.05) is 6.07 Å². The van der Waals surface area contributed by atoms with Gasteiger partial charge in [-0.2, -0.15) is 0 Å². The summed E-state index contributed by atoms with van der Waals surface area (Å²) in [6.07, 6.45) is 2.53. The summed E-state index contributed by atoms with van der Waals surface area (Å²) in [5, 5.41) is 7.22. The Morgan fingerprint density at radius 3 is 2.71 bits per heavy atom. The predicted octanol–water partition coefficient (Wildman–Crippen LogP) is 3.68. The van der Waals surface area contributed by atoms with Gasteiger partial charge < -0.3 is 5.32 Å². The highest BCUT2D eigenvalue weighted by Gasteiger charge is 2.25. The van der Waals surface area contributed by atoms with Gasteiger partial charge in [0.25, 0.3) is 5.91 Å². The second-order valence-electron chi connectivity index (χ2n) is 5.42. The smallest absolute Gasteiger partial charge is 0.261 e. The van der Waals surface area contributed by atoms with Gasteiger partial charge in [0, 0.05) is 11.4 Å². The van der Waals surface area contributed by atoms with E-state index in [0.29, 0.717) is 12.6 Å². The average molecular weight is 320 g/mol. The molecular weight excluding hydrogens is 300 g/mol. The van der Waals surface area contributed by atoms with Crippen LogP contribution in [0.1, 0.15) is 39.0 Å². The Morgan fingerprint density at radius 1 is 1.29 bits per heavy atom. The maximum atomic E-state index is 12.3. The SMILES string of the molecule is Cc1ccsc1C(=O)NCC(c1cccs1)N1CCCC1. The van der Waals surface area contributed by atoms with Gasteiger partial charge in [-0.05, 0) is 61.3 Å². The zero-order valence-corrected chi connectivity index (χ0v) is 13.8. The molecule has 0 radical (unpaired) electrons. The van der Waals surface area contributed by atoms with Crippen molar-refractivity contribution in [3.8, 4) is 0 Å². The maximum Gasteiger partial charge on any atom is 0.261 e. The first-order valence-corrected chi connectivity index (χ1v) is 9.11. The zero-order chi connectivity index (χ0) is 14.7. The van der Waals surface area contributed by atoms with Crippen molar-refractivity contribution in [2.75, 3.05) is 19.6 Å². The quantitative estimate of drug-likeness (QED) is 0.911. The third kappa shape index (κ3) is 3.36. The van der Waals surface area contributed by atoms with Gasteiger partial charge in [-0.25, -0.2) is 0 Å². The number of nitrogens with one attached hydrogen (secondary N) is 1. The summed E-state index contributed by atoms with van der Waals surface area (Å²) in [5.74, 6) is 0.0586.